The van der Waals surface area contributed by atoms with E-state index in [0.29, 0.717) is 11.5 Å². The third-order valence-electron chi connectivity index (χ3n) is 4.84. The summed E-state index contributed by atoms with van der Waals surface area (Å²) in [5.41, 5.74) is 3.61. The third kappa shape index (κ3) is 5.48. The van der Waals surface area contributed by atoms with Gasteiger partial charge < -0.3 is 5.32 Å². The molecule has 1 aliphatic heterocycles. The number of benzene rings is 2. The fourth-order valence-corrected chi connectivity index (χ4v) is 4.03. The standard InChI is InChI=1S/C23H26N2O3S/c1-15(2)11-17-7-9-19(10-8-17)16(3)24-22(27)20-6-4-5-18(12-20)13-25-21(26)14-29-23(25)28/h4-10,12,15-16H,11,13-14H2,1-3H3,(H,24,27)/t16-/m0/s1. The third-order valence-corrected chi connectivity index (χ3v) is 5.70. The molecule has 6 heteroatoms. The lowest BCUT2D eigenvalue weighted by atomic mass is 10.00. The monoisotopic (exact) mass is 410 g/mol. The zero-order valence-electron chi connectivity index (χ0n) is 17.0. The minimum absolute atomic E-state index is 0.127. The second-order valence-corrected chi connectivity index (χ2v) is 8.70. The van der Waals surface area contributed by atoms with Gasteiger partial charge in [0.05, 0.1) is 18.3 Å². The maximum Gasteiger partial charge on any atom is 0.289 e. The van der Waals surface area contributed by atoms with Crippen LogP contribution in [0.2, 0.25) is 0 Å². The summed E-state index contributed by atoms with van der Waals surface area (Å²) in [5, 5.41) is 2.78. The molecule has 1 atom stereocenters. The van der Waals surface area contributed by atoms with Crippen LogP contribution in [0, 0.1) is 5.92 Å². The lowest BCUT2D eigenvalue weighted by Crippen LogP contribution is -2.29. The second-order valence-electron chi connectivity index (χ2n) is 7.77. The average molecular weight is 411 g/mol. The minimum Gasteiger partial charge on any atom is -0.346 e. The highest BCUT2D eigenvalue weighted by molar-refractivity contribution is 8.14. The van der Waals surface area contributed by atoms with Crippen molar-refractivity contribution in [3.8, 4) is 0 Å². The van der Waals surface area contributed by atoms with Crippen molar-refractivity contribution < 1.29 is 14.4 Å². The SMILES string of the molecule is CC(C)Cc1ccc([C@H](C)NC(=O)c2cccc(CN3C(=O)CSC3=O)c2)cc1. The van der Waals surface area contributed by atoms with Crippen molar-refractivity contribution in [1.29, 1.82) is 0 Å². The van der Waals surface area contributed by atoms with Crippen LogP contribution in [0.4, 0.5) is 4.79 Å². The first-order chi connectivity index (χ1) is 13.8. The molecule has 1 aliphatic rings. The minimum atomic E-state index is -0.237. The molecule has 0 bridgehead atoms. The molecule has 1 N–H and O–H groups in total. The van der Waals surface area contributed by atoms with Gasteiger partial charge in [-0.25, -0.2) is 0 Å². The lowest BCUT2D eigenvalue weighted by Gasteiger charge is -2.16. The Hall–Kier alpha value is -2.60. The van der Waals surface area contributed by atoms with E-state index in [1.165, 1.54) is 10.5 Å². The number of carbonyl (C=O) groups excluding carboxylic acids is 3. The number of thioether (sulfide) groups is 1. The number of imide groups is 1. The highest BCUT2D eigenvalue weighted by atomic mass is 32.2. The van der Waals surface area contributed by atoms with Crippen LogP contribution in [0.15, 0.2) is 48.5 Å². The summed E-state index contributed by atoms with van der Waals surface area (Å²) in [6.07, 6.45) is 1.04. The molecule has 152 valence electrons. The molecule has 0 unspecified atom stereocenters. The Bertz CT molecular complexity index is 893. The first-order valence-corrected chi connectivity index (χ1v) is 10.8. The van der Waals surface area contributed by atoms with Gasteiger partial charge in [0.15, 0.2) is 0 Å². The Morgan fingerprint density at radius 2 is 1.79 bits per heavy atom. The largest absolute Gasteiger partial charge is 0.346 e. The van der Waals surface area contributed by atoms with Crippen molar-refractivity contribution >= 4 is 28.8 Å². The molecule has 0 saturated carbocycles. The van der Waals surface area contributed by atoms with E-state index in [0.717, 1.165) is 29.3 Å². The maximum atomic E-state index is 12.7. The van der Waals surface area contributed by atoms with Gasteiger partial charge in [0, 0.05) is 5.56 Å². The van der Waals surface area contributed by atoms with E-state index in [9.17, 15) is 14.4 Å². The molecule has 2 aromatic carbocycles. The second kappa shape index (κ2) is 9.27. The normalized spacial score (nSPS) is 15.1. The molecule has 5 nitrogen and oxygen atoms in total. The van der Waals surface area contributed by atoms with Crippen LogP contribution in [-0.2, 0) is 17.8 Å². The number of amides is 3. The van der Waals surface area contributed by atoms with Crippen molar-refractivity contribution in [1.82, 2.24) is 10.2 Å². The molecule has 0 aromatic heterocycles. The van der Waals surface area contributed by atoms with Gasteiger partial charge in [-0.15, -0.1) is 0 Å². The van der Waals surface area contributed by atoms with Crippen molar-refractivity contribution in [3.63, 3.8) is 0 Å². The van der Waals surface area contributed by atoms with Gasteiger partial charge in [-0.1, -0.05) is 62.0 Å². The average Bonchev–Trinajstić information content (AvgIpc) is 3.00. The van der Waals surface area contributed by atoms with E-state index >= 15 is 0 Å². The summed E-state index contributed by atoms with van der Waals surface area (Å²) >= 11 is 1.01. The van der Waals surface area contributed by atoms with Gasteiger partial charge in [-0.3, -0.25) is 19.3 Å². The number of nitrogens with zero attached hydrogens (tertiary/aromatic N) is 1. The van der Waals surface area contributed by atoms with Gasteiger partial charge in [0.1, 0.15) is 0 Å². The van der Waals surface area contributed by atoms with Gasteiger partial charge in [0.2, 0.25) is 5.91 Å². The maximum absolute atomic E-state index is 12.7. The van der Waals surface area contributed by atoms with Gasteiger partial charge in [-0.05, 0) is 48.1 Å². The molecule has 0 aliphatic carbocycles. The first kappa shape index (κ1) is 21.1. The van der Waals surface area contributed by atoms with Crippen molar-refractivity contribution in [3.05, 3.63) is 70.8 Å². The summed E-state index contributed by atoms with van der Waals surface area (Å²) in [7, 11) is 0. The van der Waals surface area contributed by atoms with Crippen LogP contribution in [0.25, 0.3) is 0 Å². The Balaban J connectivity index is 1.64. The molecule has 0 radical (unpaired) electrons. The van der Waals surface area contributed by atoms with E-state index in [-0.39, 0.29) is 35.4 Å². The molecular formula is C23H26N2O3S. The molecule has 29 heavy (non-hydrogen) atoms. The molecular weight excluding hydrogens is 384 g/mol. The van der Waals surface area contributed by atoms with Crippen LogP contribution in [-0.4, -0.2) is 27.7 Å². The Morgan fingerprint density at radius 3 is 2.41 bits per heavy atom. The number of rotatable bonds is 7. The number of hydrogen-bond donors (Lipinski definition) is 1. The first-order valence-electron chi connectivity index (χ1n) is 9.79. The number of carbonyl (C=O) groups is 3. The number of nitrogens with one attached hydrogen (secondary N) is 1. The van der Waals surface area contributed by atoms with Crippen LogP contribution >= 0.6 is 11.8 Å². The zero-order valence-corrected chi connectivity index (χ0v) is 17.8. The highest BCUT2D eigenvalue weighted by Crippen LogP contribution is 2.22. The van der Waals surface area contributed by atoms with Gasteiger partial charge in [0.25, 0.3) is 11.1 Å². The molecule has 1 saturated heterocycles. The Morgan fingerprint density at radius 1 is 1.07 bits per heavy atom. The van der Waals surface area contributed by atoms with E-state index in [2.05, 4.69) is 43.4 Å². The van der Waals surface area contributed by atoms with Crippen molar-refractivity contribution in [2.24, 2.45) is 5.92 Å². The van der Waals surface area contributed by atoms with Gasteiger partial charge in [-0.2, -0.15) is 0 Å². The molecule has 2 aromatic rings. The van der Waals surface area contributed by atoms with E-state index in [1.54, 1.807) is 18.2 Å². The fourth-order valence-electron chi connectivity index (χ4n) is 3.30. The van der Waals surface area contributed by atoms with E-state index < -0.39 is 0 Å². The molecule has 0 spiro atoms. The van der Waals surface area contributed by atoms with E-state index in [4.69, 9.17) is 0 Å². The van der Waals surface area contributed by atoms with Crippen molar-refractivity contribution in [2.45, 2.75) is 39.8 Å². The summed E-state index contributed by atoms with van der Waals surface area (Å²) in [6, 6.07) is 15.3. The van der Waals surface area contributed by atoms with Crippen molar-refractivity contribution in [2.75, 3.05) is 5.75 Å². The summed E-state index contributed by atoms with van der Waals surface area (Å²) in [4.78, 5) is 37.5. The Kier molecular flexibility index (Phi) is 6.75. The lowest BCUT2D eigenvalue weighted by molar-refractivity contribution is -0.125. The van der Waals surface area contributed by atoms with Gasteiger partial charge >= 0.3 is 0 Å². The quantitative estimate of drug-likeness (QED) is 0.726. The predicted molar refractivity (Wildman–Crippen MR) is 116 cm³/mol. The van der Waals surface area contributed by atoms with Crippen LogP contribution < -0.4 is 5.32 Å². The highest BCUT2D eigenvalue weighted by Gasteiger charge is 2.29. The van der Waals surface area contributed by atoms with Crippen LogP contribution in [0.3, 0.4) is 0 Å². The fraction of sp³-hybridized carbons (Fsp3) is 0.348. The number of hydrogen-bond acceptors (Lipinski definition) is 4. The molecule has 3 rings (SSSR count). The zero-order chi connectivity index (χ0) is 21.0. The smallest absolute Gasteiger partial charge is 0.289 e. The summed E-state index contributed by atoms with van der Waals surface area (Å²) < 4.78 is 0. The topological polar surface area (TPSA) is 66.5 Å². The van der Waals surface area contributed by atoms with Crippen LogP contribution in [0.1, 0.15) is 53.9 Å². The molecule has 1 heterocycles. The van der Waals surface area contributed by atoms with E-state index in [1.807, 2.05) is 13.0 Å². The summed E-state index contributed by atoms with van der Waals surface area (Å²) in [6.45, 7) is 6.54. The Labute approximate surface area is 175 Å². The summed E-state index contributed by atoms with van der Waals surface area (Å²) in [5.74, 6) is 0.422. The molecule has 1 fully saturated rings. The molecule has 3 amide bonds. The predicted octanol–water partition coefficient (Wildman–Crippen LogP) is 4.57. The van der Waals surface area contributed by atoms with Crippen LogP contribution in [0.5, 0.6) is 0 Å².